The number of rotatable bonds is 8. The molecule has 1 atom stereocenters. The molecule has 1 unspecified atom stereocenters. The van der Waals surface area contributed by atoms with E-state index in [0.29, 0.717) is 51.6 Å². The van der Waals surface area contributed by atoms with Crippen molar-refractivity contribution in [3.05, 3.63) is 58.6 Å². The molecule has 2 fully saturated rings. The van der Waals surface area contributed by atoms with Crippen molar-refractivity contribution in [3.8, 4) is 5.75 Å². The number of benzene rings is 2. The standard InChI is InChI=1S/C30H39BrN4O5/c1-4-32(20-22-10-12-24(31)13-11-22)27(36)23-7-6-14-35(21-23)25-8-5-9-26(19-25)40-30(2,3)28(37)33-15-17-34(18-16-33)29(38)39/h5,8-13,19,23H,4,6-7,14-18,20-21H2,1-3H3,(H,38,39). The minimum atomic E-state index is -1.11. The molecule has 0 aliphatic carbocycles. The third kappa shape index (κ3) is 7.27. The smallest absolute Gasteiger partial charge is 0.407 e. The first-order valence-electron chi connectivity index (χ1n) is 13.9. The zero-order valence-corrected chi connectivity index (χ0v) is 25.1. The Morgan fingerprint density at radius 1 is 1.02 bits per heavy atom. The molecule has 40 heavy (non-hydrogen) atoms. The molecular formula is C30H39BrN4O5. The summed E-state index contributed by atoms with van der Waals surface area (Å²) in [6.07, 6.45) is 0.816. The molecule has 0 bridgehead atoms. The van der Waals surface area contributed by atoms with Gasteiger partial charge in [-0.05, 0) is 63.4 Å². The van der Waals surface area contributed by atoms with Crippen LogP contribution in [0.5, 0.6) is 5.75 Å². The number of carboxylic acid groups (broad SMARTS) is 1. The number of hydrogen-bond donors (Lipinski definition) is 1. The van der Waals surface area contributed by atoms with Crippen LogP contribution in [-0.4, -0.2) is 89.1 Å². The second-order valence-corrected chi connectivity index (χ2v) is 11.9. The van der Waals surface area contributed by atoms with E-state index >= 15 is 0 Å². The monoisotopic (exact) mass is 614 g/mol. The van der Waals surface area contributed by atoms with Gasteiger partial charge in [-0.3, -0.25) is 9.59 Å². The quantitative estimate of drug-likeness (QED) is 0.463. The van der Waals surface area contributed by atoms with Crippen LogP contribution in [0.4, 0.5) is 10.5 Å². The number of hydrogen-bond acceptors (Lipinski definition) is 5. The van der Waals surface area contributed by atoms with Crippen molar-refractivity contribution >= 4 is 39.5 Å². The number of piperazine rings is 1. The molecule has 2 aromatic rings. The van der Waals surface area contributed by atoms with Gasteiger partial charge in [-0.25, -0.2) is 4.79 Å². The Morgan fingerprint density at radius 2 is 1.70 bits per heavy atom. The third-order valence-electron chi connectivity index (χ3n) is 7.66. The molecule has 2 heterocycles. The van der Waals surface area contributed by atoms with Crippen LogP contribution in [0.3, 0.4) is 0 Å². The van der Waals surface area contributed by atoms with E-state index in [2.05, 4.69) is 20.8 Å². The maximum Gasteiger partial charge on any atom is 0.407 e. The van der Waals surface area contributed by atoms with E-state index in [9.17, 15) is 19.5 Å². The fourth-order valence-corrected chi connectivity index (χ4v) is 5.66. The molecule has 2 aliphatic heterocycles. The maximum absolute atomic E-state index is 13.5. The van der Waals surface area contributed by atoms with Gasteiger partial charge < -0.3 is 29.4 Å². The zero-order valence-electron chi connectivity index (χ0n) is 23.5. The summed E-state index contributed by atoms with van der Waals surface area (Å²) in [6.45, 7) is 9.51. The zero-order chi connectivity index (χ0) is 28.9. The first-order chi connectivity index (χ1) is 19.1. The summed E-state index contributed by atoms with van der Waals surface area (Å²) < 4.78 is 7.22. The summed E-state index contributed by atoms with van der Waals surface area (Å²) >= 11 is 3.47. The Hall–Kier alpha value is -3.27. The van der Waals surface area contributed by atoms with Gasteiger partial charge in [0, 0.05) is 68.6 Å². The lowest BCUT2D eigenvalue weighted by Crippen LogP contribution is -2.56. The van der Waals surface area contributed by atoms with Crippen LogP contribution in [0.15, 0.2) is 53.0 Å². The van der Waals surface area contributed by atoms with E-state index in [1.54, 1.807) is 18.7 Å². The Morgan fingerprint density at radius 3 is 2.35 bits per heavy atom. The summed E-state index contributed by atoms with van der Waals surface area (Å²) in [4.78, 5) is 45.1. The normalized spacial score (nSPS) is 17.9. The Labute approximate surface area is 244 Å². The van der Waals surface area contributed by atoms with Gasteiger partial charge in [0.1, 0.15) is 5.75 Å². The summed E-state index contributed by atoms with van der Waals surface area (Å²) in [6, 6.07) is 15.8. The predicted molar refractivity (Wildman–Crippen MR) is 157 cm³/mol. The van der Waals surface area contributed by atoms with Crippen molar-refractivity contribution in [3.63, 3.8) is 0 Å². The van der Waals surface area contributed by atoms with E-state index in [0.717, 1.165) is 35.1 Å². The van der Waals surface area contributed by atoms with Crippen molar-refractivity contribution in [2.45, 2.75) is 45.8 Å². The van der Waals surface area contributed by atoms with Crippen LogP contribution >= 0.6 is 15.9 Å². The van der Waals surface area contributed by atoms with Gasteiger partial charge >= 0.3 is 6.09 Å². The van der Waals surface area contributed by atoms with Crippen LogP contribution in [0, 0.1) is 5.92 Å². The van der Waals surface area contributed by atoms with Gasteiger partial charge in [0.25, 0.3) is 5.91 Å². The molecule has 9 nitrogen and oxygen atoms in total. The van der Waals surface area contributed by atoms with Gasteiger partial charge in [-0.2, -0.15) is 0 Å². The van der Waals surface area contributed by atoms with Crippen LogP contribution in [0.1, 0.15) is 39.2 Å². The summed E-state index contributed by atoms with van der Waals surface area (Å²) in [5, 5.41) is 9.18. The molecule has 2 saturated heterocycles. The molecule has 4 rings (SSSR count). The highest BCUT2D eigenvalue weighted by molar-refractivity contribution is 9.10. The number of halogens is 1. The van der Waals surface area contributed by atoms with Crippen LogP contribution in [-0.2, 0) is 16.1 Å². The minimum Gasteiger partial charge on any atom is -0.478 e. The lowest BCUT2D eigenvalue weighted by atomic mass is 9.95. The van der Waals surface area contributed by atoms with Crippen LogP contribution in [0.25, 0.3) is 0 Å². The molecule has 2 aromatic carbocycles. The highest BCUT2D eigenvalue weighted by Crippen LogP contribution is 2.30. The molecule has 1 N–H and O–H groups in total. The molecule has 0 radical (unpaired) electrons. The SMILES string of the molecule is CCN(Cc1ccc(Br)cc1)C(=O)C1CCCN(c2cccc(OC(C)(C)C(=O)N3CCN(C(=O)O)CC3)c2)C1. The van der Waals surface area contributed by atoms with E-state index < -0.39 is 11.7 Å². The van der Waals surface area contributed by atoms with Gasteiger partial charge in [-0.1, -0.05) is 34.1 Å². The summed E-state index contributed by atoms with van der Waals surface area (Å²) in [5.74, 6) is 0.504. The van der Waals surface area contributed by atoms with E-state index in [1.165, 1.54) is 4.90 Å². The van der Waals surface area contributed by atoms with Crippen molar-refractivity contribution in [1.29, 1.82) is 0 Å². The predicted octanol–water partition coefficient (Wildman–Crippen LogP) is 4.69. The molecule has 10 heteroatoms. The Balaban J connectivity index is 1.38. The lowest BCUT2D eigenvalue weighted by Gasteiger charge is -2.38. The van der Waals surface area contributed by atoms with E-state index in [1.807, 2.05) is 60.4 Å². The average Bonchev–Trinajstić information content (AvgIpc) is 2.96. The fourth-order valence-electron chi connectivity index (χ4n) is 5.39. The highest BCUT2D eigenvalue weighted by Gasteiger charge is 2.36. The van der Waals surface area contributed by atoms with Crippen molar-refractivity contribution in [2.24, 2.45) is 5.92 Å². The second-order valence-electron chi connectivity index (χ2n) is 10.9. The number of amides is 3. The second kappa shape index (κ2) is 12.9. The van der Waals surface area contributed by atoms with E-state index in [4.69, 9.17) is 4.74 Å². The molecule has 0 aromatic heterocycles. The fraction of sp³-hybridized carbons (Fsp3) is 0.500. The van der Waals surface area contributed by atoms with Crippen molar-refractivity contribution in [2.75, 3.05) is 50.7 Å². The molecule has 2 aliphatic rings. The van der Waals surface area contributed by atoms with Gasteiger partial charge in [0.15, 0.2) is 5.60 Å². The summed E-state index contributed by atoms with van der Waals surface area (Å²) in [7, 11) is 0. The first-order valence-corrected chi connectivity index (χ1v) is 14.7. The topological polar surface area (TPSA) is 93.6 Å². The molecule has 0 saturated carbocycles. The van der Waals surface area contributed by atoms with Crippen LogP contribution in [0.2, 0.25) is 0 Å². The highest BCUT2D eigenvalue weighted by atomic mass is 79.9. The molecule has 3 amide bonds. The maximum atomic E-state index is 13.5. The van der Waals surface area contributed by atoms with Crippen molar-refractivity contribution in [1.82, 2.24) is 14.7 Å². The van der Waals surface area contributed by atoms with Gasteiger partial charge in [0.2, 0.25) is 5.91 Å². The number of carbonyl (C=O) groups is 3. The number of ether oxygens (including phenoxy) is 1. The lowest BCUT2D eigenvalue weighted by molar-refractivity contribution is -0.147. The largest absolute Gasteiger partial charge is 0.478 e. The van der Waals surface area contributed by atoms with Crippen LogP contribution < -0.4 is 9.64 Å². The Bertz CT molecular complexity index is 1200. The molecule has 0 spiro atoms. The first kappa shape index (κ1) is 29.7. The number of nitrogens with zero attached hydrogens (tertiary/aromatic N) is 4. The van der Waals surface area contributed by atoms with Gasteiger partial charge in [-0.15, -0.1) is 0 Å². The minimum absolute atomic E-state index is 0.0868. The van der Waals surface area contributed by atoms with E-state index in [-0.39, 0.29) is 17.7 Å². The average molecular weight is 616 g/mol. The van der Waals surface area contributed by atoms with Crippen molar-refractivity contribution < 1.29 is 24.2 Å². The van der Waals surface area contributed by atoms with Gasteiger partial charge in [0.05, 0.1) is 5.92 Å². The third-order valence-corrected chi connectivity index (χ3v) is 8.19. The number of anilines is 1. The Kier molecular flexibility index (Phi) is 9.60. The number of piperidine rings is 1. The molecular weight excluding hydrogens is 576 g/mol. The number of carbonyl (C=O) groups excluding carboxylic acids is 2. The molecule has 216 valence electrons. The summed E-state index contributed by atoms with van der Waals surface area (Å²) in [5.41, 5.74) is 0.958.